The first-order chi connectivity index (χ1) is 11.7. The minimum Gasteiger partial charge on any atom is -0.485 e. The van der Waals surface area contributed by atoms with Gasteiger partial charge in [-0.2, -0.15) is 11.3 Å². The monoisotopic (exact) mass is 342 g/mol. The van der Waals surface area contributed by atoms with Crippen molar-refractivity contribution in [2.45, 2.75) is 19.4 Å². The number of hydrogen-bond donors (Lipinski definition) is 1. The zero-order valence-corrected chi connectivity index (χ0v) is 14.8. The molecule has 126 valence electrons. The molecule has 0 amide bonds. The van der Waals surface area contributed by atoms with E-state index in [2.05, 4.69) is 29.1 Å². The number of pyridine rings is 1. The molecule has 5 heteroatoms. The van der Waals surface area contributed by atoms with Crippen LogP contribution < -0.4 is 15.6 Å². The number of rotatable bonds is 7. The maximum absolute atomic E-state index is 12.3. The smallest absolute Gasteiger partial charge is 0.258 e. The van der Waals surface area contributed by atoms with Gasteiger partial charge in [-0.05, 0) is 48.1 Å². The highest BCUT2D eigenvalue weighted by Crippen LogP contribution is 2.30. The molecule has 1 atom stereocenters. The lowest BCUT2D eigenvalue weighted by Crippen LogP contribution is -2.19. The van der Waals surface area contributed by atoms with E-state index in [9.17, 15) is 4.79 Å². The topological polar surface area (TPSA) is 43.3 Å². The van der Waals surface area contributed by atoms with E-state index in [4.69, 9.17) is 4.74 Å². The Morgan fingerprint density at radius 2 is 2.12 bits per heavy atom. The predicted octanol–water partition coefficient (Wildman–Crippen LogP) is 3.72. The number of ether oxygens (including phenoxy) is 1. The second-order valence-corrected chi connectivity index (χ2v) is 6.53. The molecule has 2 heterocycles. The van der Waals surface area contributed by atoms with Crippen molar-refractivity contribution < 1.29 is 4.74 Å². The van der Waals surface area contributed by atoms with Gasteiger partial charge in [-0.3, -0.25) is 4.79 Å². The zero-order valence-electron chi connectivity index (χ0n) is 14.0. The van der Waals surface area contributed by atoms with Crippen LogP contribution in [0.4, 0.5) is 0 Å². The highest BCUT2D eigenvalue weighted by molar-refractivity contribution is 7.07. The van der Waals surface area contributed by atoms with Crippen molar-refractivity contribution in [2.75, 3.05) is 13.1 Å². The molecule has 0 fully saturated rings. The van der Waals surface area contributed by atoms with Crippen molar-refractivity contribution in [1.29, 1.82) is 0 Å². The van der Waals surface area contributed by atoms with Crippen molar-refractivity contribution >= 4 is 22.1 Å². The van der Waals surface area contributed by atoms with Crippen molar-refractivity contribution in [2.24, 2.45) is 7.05 Å². The molecule has 0 saturated carbocycles. The SMILES string of the molecule is CCNCCC(Oc1cccc2c(=O)n(C)ccc12)c1ccsc1. The van der Waals surface area contributed by atoms with Crippen LogP contribution in [0.15, 0.2) is 52.1 Å². The third kappa shape index (κ3) is 3.52. The molecule has 0 radical (unpaired) electrons. The Bertz CT molecular complexity index is 855. The lowest BCUT2D eigenvalue weighted by Gasteiger charge is -2.20. The number of fused-ring (bicyclic) bond motifs is 1. The normalized spacial score (nSPS) is 12.4. The minimum atomic E-state index is -0.0232. The molecule has 2 aromatic heterocycles. The maximum atomic E-state index is 12.3. The third-order valence-corrected chi connectivity index (χ3v) is 4.80. The average molecular weight is 342 g/mol. The van der Waals surface area contributed by atoms with Gasteiger partial charge in [0.1, 0.15) is 11.9 Å². The molecular formula is C19H22N2O2S. The van der Waals surface area contributed by atoms with Gasteiger partial charge < -0.3 is 14.6 Å². The number of benzene rings is 1. The number of aromatic nitrogens is 1. The summed E-state index contributed by atoms with van der Waals surface area (Å²) in [6, 6.07) is 9.72. The van der Waals surface area contributed by atoms with Gasteiger partial charge in [0.25, 0.3) is 5.56 Å². The second-order valence-electron chi connectivity index (χ2n) is 5.75. The van der Waals surface area contributed by atoms with E-state index in [1.165, 1.54) is 5.56 Å². The molecule has 1 aromatic carbocycles. The lowest BCUT2D eigenvalue weighted by molar-refractivity contribution is 0.197. The maximum Gasteiger partial charge on any atom is 0.258 e. The van der Waals surface area contributed by atoms with Crippen molar-refractivity contribution in [1.82, 2.24) is 9.88 Å². The Kier molecular flexibility index (Phi) is 5.33. The second kappa shape index (κ2) is 7.64. The number of aryl methyl sites for hydroxylation is 1. The Balaban J connectivity index is 1.93. The highest BCUT2D eigenvalue weighted by atomic mass is 32.1. The van der Waals surface area contributed by atoms with Gasteiger partial charge in [0.15, 0.2) is 0 Å². The van der Waals surface area contributed by atoms with E-state index in [1.807, 2.05) is 24.3 Å². The van der Waals surface area contributed by atoms with E-state index in [0.717, 1.165) is 30.6 Å². The molecule has 0 aliphatic heterocycles. The molecule has 3 rings (SSSR count). The molecule has 3 aromatic rings. The van der Waals surface area contributed by atoms with Gasteiger partial charge in [0.05, 0.1) is 5.39 Å². The molecule has 4 nitrogen and oxygen atoms in total. The van der Waals surface area contributed by atoms with Crippen LogP contribution in [-0.4, -0.2) is 17.7 Å². The van der Waals surface area contributed by atoms with Crippen LogP contribution in [0.3, 0.4) is 0 Å². The summed E-state index contributed by atoms with van der Waals surface area (Å²) >= 11 is 1.67. The number of thiophene rings is 1. The van der Waals surface area contributed by atoms with E-state index in [-0.39, 0.29) is 11.7 Å². The minimum absolute atomic E-state index is 0.00215. The number of nitrogens with one attached hydrogen (secondary N) is 1. The Hall–Kier alpha value is -2.11. The summed E-state index contributed by atoms with van der Waals surface area (Å²) in [4.78, 5) is 12.3. The van der Waals surface area contributed by atoms with E-state index in [0.29, 0.717) is 5.39 Å². The molecule has 1 N–H and O–H groups in total. The summed E-state index contributed by atoms with van der Waals surface area (Å²) in [5, 5.41) is 9.10. The van der Waals surface area contributed by atoms with Gasteiger partial charge in [0, 0.05) is 30.6 Å². The highest BCUT2D eigenvalue weighted by Gasteiger charge is 2.16. The Morgan fingerprint density at radius 1 is 1.25 bits per heavy atom. The zero-order chi connectivity index (χ0) is 16.9. The molecule has 0 aliphatic carbocycles. The van der Waals surface area contributed by atoms with Crippen LogP contribution in [0.1, 0.15) is 25.0 Å². The van der Waals surface area contributed by atoms with Gasteiger partial charge >= 0.3 is 0 Å². The van der Waals surface area contributed by atoms with Crippen LogP contribution in [0.5, 0.6) is 5.75 Å². The Morgan fingerprint density at radius 3 is 2.88 bits per heavy atom. The Labute approximate surface area is 145 Å². The van der Waals surface area contributed by atoms with Crippen LogP contribution in [0, 0.1) is 0 Å². The van der Waals surface area contributed by atoms with Crippen molar-refractivity contribution in [3.05, 3.63) is 63.2 Å². The fourth-order valence-corrected chi connectivity index (χ4v) is 3.47. The quantitative estimate of drug-likeness (QED) is 0.666. The predicted molar refractivity (Wildman–Crippen MR) is 100 cm³/mol. The van der Waals surface area contributed by atoms with Gasteiger partial charge in [0.2, 0.25) is 0 Å². The summed E-state index contributed by atoms with van der Waals surface area (Å²) in [5.74, 6) is 0.762. The fraction of sp³-hybridized carbons (Fsp3) is 0.316. The first-order valence-corrected chi connectivity index (χ1v) is 9.13. The van der Waals surface area contributed by atoms with Crippen LogP contribution in [0.2, 0.25) is 0 Å². The summed E-state index contributed by atoms with van der Waals surface area (Å²) in [7, 11) is 1.76. The van der Waals surface area contributed by atoms with Crippen LogP contribution in [0.25, 0.3) is 10.8 Å². The molecule has 24 heavy (non-hydrogen) atoms. The first-order valence-electron chi connectivity index (χ1n) is 8.18. The average Bonchev–Trinajstić information content (AvgIpc) is 3.12. The van der Waals surface area contributed by atoms with Gasteiger partial charge in [-0.1, -0.05) is 13.0 Å². The van der Waals surface area contributed by atoms with E-state index >= 15 is 0 Å². The van der Waals surface area contributed by atoms with Crippen LogP contribution >= 0.6 is 11.3 Å². The number of nitrogens with zero attached hydrogens (tertiary/aromatic N) is 1. The van der Waals surface area contributed by atoms with E-state index < -0.39 is 0 Å². The standard InChI is InChI=1S/C19H22N2O2S/c1-3-20-10-7-17(14-9-12-24-13-14)23-18-6-4-5-16-15(18)8-11-21(2)19(16)22/h4-6,8-9,11-13,17,20H,3,7,10H2,1-2H3. The lowest BCUT2D eigenvalue weighted by atomic mass is 10.1. The summed E-state index contributed by atoms with van der Waals surface area (Å²) in [6.07, 6.45) is 2.65. The molecule has 0 spiro atoms. The summed E-state index contributed by atoms with van der Waals surface area (Å²) in [6.45, 7) is 3.94. The van der Waals surface area contributed by atoms with Gasteiger partial charge in [-0.15, -0.1) is 0 Å². The van der Waals surface area contributed by atoms with Crippen molar-refractivity contribution in [3.8, 4) is 5.75 Å². The van der Waals surface area contributed by atoms with Crippen molar-refractivity contribution in [3.63, 3.8) is 0 Å². The van der Waals surface area contributed by atoms with E-state index in [1.54, 1.807) is 29.1 Å². The van der Waals surface area contributed by atoms with Crippen LogP contribution in [-0.2, 0) is 7.05 Å². The largest absolute Gasteiger partial charge is 0.485 e. The van der Waals surface area contributed by atoms with Gasteiger partial charge in [-0.25, -0.2) is 0 Å². The molecule has 0 bridgehead atoms. The molecular weight excluding hydrogens is 320 g/mol. The third-order valence-electron chi connectivity index (χ3n) is 4.10. The fourth-order valence-electron chi connectivity index (χ4n) is 2.76. The number of hydrogen-bond acceptors (Lipinski definition) is 4. The molecule has 1 unspecified atom stereocenters. The molecule has 0 saturated heterocycles. The first kappa shape index (κ1) is 16.7. The molecule has 0 aliphatic rings. The summed E-state index contributed by atoms with van der Waals surface area (Å²) in [5.41, 5.74) is 1.18. The summed E-state index contributed by atoms with van der Waals surface area (Å²) < 4.78 is 7.92.